The molecule has 1 aromatic heterocycles. The maximum atomic E-state index is 5.60. The summed E-state index contributed by atoms with van der Waals surface area (Å²) in [4.78, 5) is 0. The lowest BCUT2D eigenvalue weighted by Gasteiger charge is -1.99. The van der Waals surface area contributed by atoms with E-state index in [1.165, 1.54) is 0 Å². The highest BCUT2D eigenvalue weighted by molar-refractivity contribution is 5.99. The van der Waals surface area contributed by atoms with Crippen molar-refractivity contribution in [3.8, 4) is 11.7 Å². The molecule has 17 heavy (non-hydrogen) atoms. The van der Waals surface area contributed by atoms with E-state index in [0.717, 1.165) is 21.7 Å². The van der Waals surface area contributed by atoms with Gasteiger partial charge in [0.25, 0.3) is 0 Å². The monoisotopic (exact) mass is 228 g/mol. The minimum Gasteiger partial charge on any atom is -0.489 e. The SMILES string of the molecule is COc1oc2cc3ccccc3cc2c1OC. The van der Waals surface area contributed by atoms with Crippen LogP contribution < -0.4 is 9.47 Å². The maximum absolute atomic E-state index is 5.60. The minimum atomic E-state index is 0.415. The molecular formula is C14H12O3. The van der Waals surface area contributed by atoms with Gasteiger partial charge in [-0.1, -0.05) is 24.3 Å². The molecule has 3 heteroatoms. The van der Waals surface area contributed by atoms with Gasteiger partial charge in [-0.2, -0.15) is 0 Å². The Morgan fingerprint density at radius 2 is 1.65 bits per heavy atom. The smallest absolute Gasteiger partial charge is 0.329 e. The molecule has 0 saturated carbocycles. The summed E-state index contributed by atoms with van der Waals surface area (Å²) in [5.74, 6) is 1.06. The standard InChI is InChI=1S/C14H12O3/c1-15-13-11-7-9-5-3-4-6-10(9)8-12(11)17-14(13)16-2/h3-8H,1-2H3. The molecule has 0 amide bonds. The Kier molecular flexibility index (Phi) is 2.18. The van der Waals surface area contributed by atoms with Gasteiger partial charge in [-0.15, -0.1) is 0 Å². The number of hydrogen-bond acceptors (Lipinski definition) is 3. The van der Waals surface area contributed by atoms with E-state index in [1.54, 1.807) is 14.2 Å². The summed E-state index contributed by atoms with van der Waals surface area (Å²) in [5.41, 5.74) is 0.775. The van der Waals surface area contributed by atoms with Gasteiger partial charge in [-0.05, 0) is 22.9 Å². The molecule has 2 aromatic carbocycles. The van der Waals surface area contributed by atoms with E-state index in [9.17, 15) is 0 Å². The summed E-state index contributed by atoms with van der Waals surface area (Å²) in [5, 5.41) is 3.23. The van der Waals surface area contributed by atoms with E-state index in [2.05, 4.69) is 18.2 Å². The maximum Gasteiger partial charge on any atom is 0.329 e. The first-order chi connectivity index (χ1) is 8.33. The fourth-order valence-corrected chi connectivity index (χ4v) is 2.07. The third kappa shape index (κ3) is 1.43. The third-order valence-corrected chi connectivity index (χ3v) is 2.87. The molecule has 0 atom stereocenters. The van der Waals surface area contributed by atoms with Crippen LogP contribution in [0.15, 0.2) is 40.8 Å². The van der Waals surface area contributed by atoms with Crippen LogP contribution >= 0.6 is 0 Å². The van der Waals surface area contributed by atoms with E-state index in [4.69, 9.17) is 13.9 Å². The average Bonchev–Trinajstić information content (AvgIpc) is 2.72. The Bertz CT molecular complexity index is 682. The number of benzene rings is 2. The van der Waals surface area contributed by atoms with Crippen molar-refractivity contribution in [2.45, 2.75) is 0 Å². The van der Waals surface area contributed by atoms with Crippen molar-refractivity contribution in [1.29, 1.82) is 0 Å². The van der Waals surface area contributed by atoms with Crippen molar-refractivity contribution >= 4 is 21.7 Å². The summed E-state index contributed by atoms with van der Waals surface area (Å²) in [7, 11) is 3.18. The largest absolute Gasteiger partial charge is 0.489 e. The van der Waals surface area contributed by atoms with Crippen molar-refractivity contribution in [2.24, 2.45) is 0 Å². The van der Waals surface area contributed by atoms with Crippen LogP contribution in [-0.4, -0.2) is 14.2 Å². The predicted octanol–water partition coefficient (Wildman–Crippen LogP) is 3.60. The Hall–Kier alpha value is -2.16. The van der Waals surface area contributed by atoms with Gasteiger partial charge < -0.3 is 13.9 Å². The summed E-state index contributed by atoms with van der Waals surface area (Å²) < 4.78 is 16.1. The van der Waals surface area contributed by atoms with Crippen LogP contribution in [0.5, 0.6) is 11.7 Å². The fraction of sp³-hybridized carbons (Fsp3) is 0.143. The molecule has 0 aliphatic carbocycles. The normalized spacial score (nSPS) is 10.9. The van der Waals surface area contributed by atoms with Crippen molar-refractivity contribution < 1.29 is 13.9 Å². The summed E-state index contributed by atoms with van der Waals surface area (Å²) in [6, 6.07) is 12.2. The Labute approximate surface area is 98.5 Å². The molecule has 3 rings (SSSR count). The molecule has 3 aromatic rings. The Morgan fingerprint density at radius 3 is 2.29 bits per heavy atom. The lowest BCUT2D eigenvalue weighted by atomic mass is 10.1. The van der Waals surface area contributed by atoms with Crippen LogP contribution in [0, 0.1) is 0 Å². The number of ether oxygens (including phenoxy) is 2. The zero-order valence-electron chi connectivity index (χ0n) is 9.69. The predicted molar refractivity (Wildman–Crippen MR) is 66.8 cm³/mol. The van der Waals surface area contributed by atoms with Crippen LogP contribution in [0.1, 0.15) is 0 Å². The number of furan rings is 1. The number of rotatable bonds is 2. The number of methoxy groups -OCH3 is 2. The minimum absolute atomic E-state index is 0.415. The molecule has 86 valence electrons. The van der Waals surface area contributed by atoms with Crippen molar-refractivity contribution in [3.63, 3.8) is 0 Å². The van der Waals surface area contributed by atoms with E-state index < -0.39 is 0 Å². The van der Waals surface area contributed by atoms with Gasteiger partial charge in [0.1, 0.15) is 5.58 Å². The molecule has 1 heterocycles. The van der Waals surface area contributed by atoms with Gasteiger partial charge in [0.15, 0.2) is 0 Å². The van der Waals surface area contributed by atoms with E-state index >= 15 is 0 Å². The average molecular weight is 228 g/mol. The van der Waals surface area contributed by atoms with Gasteiger partial charge in [0, 0.05) is 0 Å². The van der Waals surface area contributed by atoms with Crippen LogP contribution in [0.2, 0.25) is 0 Å². The topological polar surface area (TPSA) is 31.6 Å². The van der Waals surface area contributed by atoms with Gasteiger partial charge >= 0.3 is 5.95 Å². The molecule has 0 spiro atoms. The molecule has 0 radical (unpaired) electrons. The number of fused-ring (bicyclic) bond motifs is 2. The molecule has 0 aliphatic heterocycles. The Balaban J connectivity index is 2.41. The third-order valence-electron chi connectivity index (χ3n) is 2.87. The lowest BCUT2D eigenvalue weighted by Crippen LogP contribution is -1.85. The van der Waals surface area contributed by atoms with E-state index in [0.29, 0.717) is 11.7 Å². The first-order valence-corrected chi connectivity index (χ1v) is 5.37. The van der Waals surface area contributed by atoms with Crippen LogP contribution in [-0.2, 0) is 0 Å². The molecule has 0 fully saturated rings. The molecule has 0 bridgehead atoms. The van der Waals surface area contributed by atoms with Gasteiger partial charge in [0.2, 0.25) is 5.75 Å². The molecule has 0 unspecified atom stereocenters. The molecule has 0 saturated heterocycles. The van der Waals surface area contributed by atoms with Crippen molar-refractivity contribution in [2.75, 3.05) is 14.2 Å². The zero-order valence-corrected chi connectivity index (χ0v) is 9.69. The summed E-state index contributed by atoms with van der Waals surface area (Å²) in [6.45, 7) is 0. The zero-order chi connectivity index (χ0) is 11.8. The fourth-order valence-electron chi connectivity index (χ4n) is 2.07. The van der Waals surface area contributed by atoms with Crippen LogP contribution in [0.3, 0.4) is 0 Å². The highest BCUT2D eigenvalue weighted by Crippen LogP contribution is 2.40. The van der Waals surface area contributed by atoms with E-state index in [1.807, 2.05) is 18.2 Å². The van der Waals surface area contributed by atoms with Crippen LogP contribution in [0.4, 0.5) is 0 Å². The summed E-state index contributed by atoms with van der Waals surface area (Å²) >= 11 is 0. The second-order valence-corrected chi connectivity index (χ2v) is 3.82. The second kappa shape index (κ2) is 3.70. The van der Waals surface area contributed by atoms with Crippen LogP contribution in [0.25, 0.3) is 21.7 Å². The summed E-state index contributed by atoms with van der Waals surface area (Å²) in [6.07, 6.45) is 0. The second-order valence-electron chi connectivity index (χ2n) is 3.82. The first-order valence-electron chi connectivity index (χ1n) is 5.37. The Morgan fingerprint density at radius 1 is 0.941 bits per heavy atom. The van der Waals surface area contributed by atoms with Gasteiger partial charge in [-0.3, -0.25) is 0 Å². The van der Waals surface area contributed by atoms with Crippen molar-refractivity contribution in [3.05, 3.63) is 36.4 Å². The molecular weight excluding hydrogens is 216 g/mol. The molecule has 3 nitrogen and oxygen atoms in total. The lowest BCUT2D eigenvalue weighted by molar-refractivity contribution is 0.287. The van der Waals surface area contributed by atoms with E-state index in [-0.39, 0.29) is 0 Å². The van der Waals surface area contributed by atoms with Crippen molar-refractivity contribution in [1.82, 2.24) is 0 Å². The highest BCUT2D eigenvalue weighted by Gasteiger charge is 2.15. The van der Waals surface area contributed by atoms with Gasteiger partial charge in [0.05, 0.1) is 19.6 Å². The quantitative estimate of drug-likeness (QED) is 0.671. The molecule has 0 aliphatic rings. The first kappa shape index (κ1) is 10.0. The highest BCUT2D eigenvalue weighted by atomic mass is 16.6. The van der Waals surface area contributed by atoms with Gasteiger partial charge in [-0.25, -0.2) is 0 Å². The number of hydrogen-bond donors (Lipinski definition) is 0. The molecule has 0 N–H and O–H groups in total.